The average Bonchev–Trinajstić information content (AvgIpc) is 3.03. The van der Waals surface area contributed by atoms with Gasteiger partial charge in [0.25, 0.3) is 0 Å². The Balaban J connectivity index is 1.60. The fourth-order valence-electron chi connectivity index (χ4n) is 1.54. The number of nitrogens with one attached hydrogen (secondary N) is 1. The predicted octanol–water partition coefficient (Wildman–Crippen LogP) is 1.83. The molecule has 0 spiro atoms. The van der Waals surface area contributed by atoms with Crippen molar-refractivity contribution in [1.29, 1.82) is 0 Å². The van der Waals surface area contributed by atoms with Crippen molar-refractivity contribution in [3.05, 3.63) is 11.8 Å². The van der Waals surface area contributed by atoms with Gasteiger partial charge in [0.1, 0.15) is 13.2 Å². The third kappa shape index (κ3) is 6.02. The van der Waals surface area contributed by atoms with E-state index in [1.165, 1.54) is 12.8 Å². The van der Waals surface area contributed by atoms with E-state index in [0.717, 1.165) is 13.0 Å². The minimum Gasteiger partial charge on any atom is -0.423 e. The van der Waals surface area contributed by atoms with E-state index in [0.29, 0.717) is 18.4 Å². The molecule has 0 saturated heterocycles. The highest BCUT2D eigenvalue weighted by molar-refractivity contribution is 4.83. The summed E-state index contributed by atoms with van der Waals surface area (Å²) in [7, 11) is 0. The maximum Gasteiger partial charge on any atom is 0.411 e. The Labute approximate surface area is 108 Å². The van der Waals surface area contributed by atoms with Gasteiger partial charge in [-0.3, -0.25) is 0 Å². The second-order valence-electron chi connectivity index (χ2n) is 4.53. The molecule has 2 rings (SSSR count). The Morgan fingerprint density at radius 1 is 1.26 bits per heavy atom. The zero-order valence-corrected chi connectivity index (χ0v) is 10.4. The molecule has 0 radical (unpaired) electrons. The summed E-state index contributed by atoms with van der Waals surface area (Å²) in [6.07, 6.45) is -0.382. The summed E-state index contributed by atoms with van der Waals surface area (Å²) < 4.78 is 45.1. The lowest BCUT2D eigenvalue weighted by Crippen LogP contribution is -2.17. The third-order valence-corrected chi connectivity index (χ3v) is 2.58. The van der Waals surface area contributed by atoms with Crippen LogP contribution in [-0.2, 0) is 17.8 Å². The van der Waals surface area contributed by atoms with Crippen LogP contribution in [0.15, 0.2) is 4.42 Å². The molecule has 1 fully saturated rings. The SMILES string of the molecule is FC(F)(F)COCc1nnc(CCCNC2CC2)o1. The molecule has 1 aliphatic carbocycles. The minimum atomic E-state index is -4.34. The van der Waals surface area contributed by atoms with Crippen LogP contribution in [0.4, 0.5) is 13.2 Å². The first-order valence-corrected chi connectivity index (χ1v) is 6.22. The molecule has 1 aliphatic rings. The van der Waals surface area contributed by atoms with E-state index >= 15 is 0 Å². The zero-order chi connectivity index (χ0) is 13.7. The summed E-state index contributed by atoms with van der Waals surface area (Å²) in [5.74, 6) is 0.512. The summed E-state index contributed by atoms with van der Waals surface area (Å²) >= 11 is 0. The Kier molecular flexibility index (Phi) is 4.76. The molecule has 0 aromatic carbocycles. The highest BCUT2D eigenvalue weighted by Crippen LogP contribution is 2.18. The number of nitrogens with zero attached hydrogens (tertiary/aromatic N) is 2. The highest BCUT2D eigenvalue weighted by atomic mass is 19.4. The highest BCUT2D eigenvalue weighted by Gasteiger charge is 2.27. The average molecular weight is 279 g/mol. The van der Waals surface area contributed by atoms with Crippen molar-refractivity contribution in [2.75, 3.05) is 13.2 Å². The minimum absolute atomic E-state index is 0.0782. The van der Waals surface area contributed by atoms with Gasteiger partial charge in [-0.05, 0) is 25.8 Å². The van der Waals surface area contributed by atoms with Crippen LogP contribution < -0.4 is 5.32 Å². The number of aromatic nitrogens is 2. The van der Waals surface area contributed by atoms with Crippen LogP contribution in [0.1, 0.15) is 31.0 Å². The number of rotatable bonds is 8. The number of aryl methyl sites for hydroxylation is 1. The molecular weight excluding hydrogens is 263 g/mol. The second kappa shape index (κ2) is 6.33. The van der Waals surface area contributed by atoms with Crippen molar-refractivity contribution in [1.82, 2.24) is 15.5 Å². The molecule has 1 N–H and O–H groups in total. The molecule has 108 valence electrons. The molecule has 1 heterocycles. The molecule has 0 atom stereocenters. The molecule has 0 bridgehead atoms. The fourth-order valence-corrected chi connectivity index (χ4v) is 1.54. The molecule has 8 heteroatoms. The van der Waals surface area contributed by atoms with Gasteiger partial charge >= 0.3 is 6.18 Å². The maximum absolute atomic E-state index is 11.8. The summed E-state index contributed by atoms with van der Waals surface area (Å²) in [5.41, 5.74) is 0. The molecule has 1 saturated carbocycles. The van der Waals surface area contributed by atoms with E-state index in [2.05, 4.69) is 20.3 Å². The van der Waals surface area contributed by atoms with Gasteiger partial charge in [-0.2, -0.15) is 13.2 Å². The maximum atomic E-state index is 11.8. The first kappa shape index (κ1) is 14.3. The summed E-state index contributed by atoms with van der Waals surface area (Å²) in [4.78, 5) is 0. The van der Waals surface area contributed by atoms with E-state index in [1.54, 1.807) is 0 Å². The van der Waals surface area contributed by atoms with Crippen LogP contribution in [0.5, 0.6) is 0 Å². The normalized spacial score (nSPS) is 15.9. The van der Waals surface area contributed by atoms with E-state index in [-0.39, 0.29) is 12.5 Å². The third-order valence-electron chi connectivity index (χ3n) is 2.58. The topological polar surface area (TPSA) is 60.2 Å². The van der Waals surface area contributed by atoms with Crippen LogP contribution in [0.3, 0.4) is 0 Å². The summed E-state index contributed by atoms with van der Waals surface area (Å²) in [6, 6.07) is 0.661. The van der Waals surface area contributed by atoms with Crippen molar-refractivity contribution in [3.63, 3.8) is 0 Å². The monoisotopic (exact) mass is 279 g/mol. The predicted molar refractivity (Wildman–Crippen MR) is 59.4 cm³/mol. The van der Waals surface area contributed by atoms with Gasteiger partial charge in [0.2, 0.25) is 11.8 Å². The zero-order valence-electron chi connectivity index (χ0n) is 10.4. The number of ether oxygens (including phenoxy) is 1. The quantitative estimate of drug-likeness (QED) is 0.736. The van der Waals surface area contributed by atoms with Crippen LogP contribution in [0, 0.1) is 0 Å². The van der Waals surface area contributed by atoms with Gasteiger partial charge in [0.05, 0.1) is 0 Å². The number of halogens is 3. The van der Waals surface area contributed by atoms with Gasteiger partial charge in [0.15, 0.2) is 0 Å². The lowest BCUT2D eigenvalue weighted by atomic mass is 10.3. The lowest BCUT2D eigenvalue weighted by molar-refractivity contribution is -0.177. The Morgan fingerprint density at radius 2 is 2.00 bits per heavy atom. The van der Waals surface area contributed by atoms with Gasteiger partial charge in [0, 0.05) is 12.5 Å². The van der Waals surface area contributed by atoms with Crippen LogP contribution in [-0.4, -0.2) is 35.6 Å². The van der Waals surface area contributed by atoms with E-state index < -0.39 is 12.8 Å². The Bertz CT molecular complexity index is 391. The first-order chi connectivity index (χ1) is 9.03. The standard InChI is InChI=1S/C11H16F3N3O2/c12-11(13,14)7-18-6-10-17-16-9(19-10)2-1-5-15-8-3-4-8/h8,15H,1-7H2. The molecule has 19 heavy (non-hydrogen) atoms. The fraction of sp³-hybridized carbons (Fsp3) is 0.818. The largest absolute Gasteiger partial charge is 0.423 e. The van der Waals surface area contributed by atoms with E-state index in [9.17, 15) is 13.2 Å². The van der Waals surface area contributed by atoms with Gasteiger partial charge in [-0.15, -0.1) is 10.2 Å². The molecule has 0 amide bonds. The molecule has 0 aliphatic heterocycles. The Morgan fingerprint density at radius 3 is 2.68 bits per heavy atom. The molecular formula is C11H16F3N3O2. The van der Waals surface area contributed by atoms with Gasteiger partial charge in [-0.25, -0.2) is 0 Å². The van der Waals surface area contributed by atoms with Crippen LogP contribution >= 0.6 is 0 Å². The van der Waals surface area contributed by atoms with Gasteiger partial charge in [-0.1, -0.05) is 0 Å². The van der Waals surface area contributed by atoms with Crippen molar-refractivity contribution < 1.29 is 22.3 Å². The van der Waals surface area contributed by atoms with Crippen molar-refractivity contribution in [2.24, 2.45) is 0 Å². The van der Waals surface area contributed by atoms with Crippen LogP contribution in [0.2, 0.25) is 0 Å². The van der Waals surface area contributed by atoms with Crippen molar-refractivity contribution in [2.45, 2.75) is 44.5 Å². The second-order valence-corrected chi connectivity index (χ2v) is 4.53. The summed E-state index contributed by atoms with van der Waals surface area (Å²) in [5, 5.41) is 10.7. The number of hydrogen-bond donors (Lipinski definition) is 1. The van der Waals surface area contributed by atoms with Gasteiger partial charge < -0.3 is 14.5 Å². The molecule has 0 unspecified atom stereocenters. The van der Waals surface area contributed by atoms with Crippen molar-refractivity contribution >= 4 is 0 Å². The summed E-state index contributed by atoms with van der Waals surface area (Å²) in [6.45, 7) is -0.740. The Hall–Kier alpha value is -1.15. The van der Waals surface area contributed by atoms with E-state index in [1.807, 2.05) is 0 Å². The van der Waals surface area contributed by atoms with Crippen LogP contribution in [0.25, 0.3) is 0 Å². The lowest BCUT2D eigenvalue weighted by Gasteiger charge is -2.04. The van der Waals surface area contributed by atoms with Crippen molar-refractivity contribution in [3.8, 4) is 0 Å². The molecule has 1 aromatic rings. The first-order valence-electron chi connectivity index (χ1n) is 6.22. The smallest absolute Gasteiger partial charge is 0.411 e. The number of alkyl halides is 3. The number of hydrogen-bond acceptors (Lipinski definition) is 5. The molecule has 1 aromatic heterocycles. The van der Waals surface area contributed by atoms with E-state index in [4.69, 9.17) is 4.42 Å². The molecule has 5 nitrogen and oxygen atoms in total.